The normalized spacial score (nSPS) is 10.5. The van der Waals surface area contributed by atoms with Gasteiger partial charge in [-0.3, -0.25) is 0 Å². The van der Waals surface area contributed by atoms with Gasteiger partial charge in [0.2, 0.25) is 0 Å². The van der Waals surface area contributed by atoms with Gasteiger partial charge in [-0.1, -0.05) is 24.3 Å². The van der Waals surface area contributed by atoms with E-state index in [2.05, 4.69) is 21.3 Å². The van der Waals surface area contributed by atoms with Crippen LogP contribution in [0.25, 0.3) is 0 Å². The number of nitrogens with one attached hydrogen (secondary N) is 4. The molecular weight excluding hydrogens is 649 g/mol. The van der Waals surface area contributed by atoms with Crippen molar-refractivity contribution in [3.8, 4) is 23.0 Å². The molecular formula is C36H42N4O6S2. The Kier molecular flexibility index (Phi) is 15.5. The van der Waals surface area contributed by atoms with E-state index in [4.69, 9.17) is 52.9 Å². The van der Waals surface area contributed by atoms with Gasteiger partial charge in [0.15, 0.2) is 10.2 Å². The Morgan fingerprint density at radius 2 is 0.833 bits per heavy atom. The molecule has 0 spiro atoms. The van der Waals surface area contributed by atoms with E-state index in [1.54, 1.807) is 0 Å². The zero-order valence-electron chi connectivity index (χ0n) is 27.2. The number of rotatable bonds is 19. The summed E-state index contributed by atoms with van der Waals surface area (Å²) in [6.07, 6.45) is 0. The summed E-state index contributed by atoms with van der Waals surface area (Å²) in [5.74, 6) is 2.97. The van der Waals surface area contributed by atoms with Crippen LogP contribution < -0.4 is 40.2 Å². The van der Waals surface area contributed by atoms with Crippen LogP contribution in [-0.2, 0) is 9.47 Å². The van der Waals surface area contributed by atoms with Gasteiger partial charge in [0, 0.05) is 11.4 Å². The van der Waals surface area contributed by atoms with Crippen LogP contribution in [0.2, 0.25) is 0 Å². The molecule has 0 amide bonds. The van der Waals surface area contributed by atoms with Gasteiger partial charge in [0.1, 0.15) is 36.2 Å². The van der Waals surface area contributed by atoms with E-state index < -0.39 is 0 Å². The summed E-state index contributed by atoms with van der Waals surface area (Å²) in [7, 11) is 0. The largest absolute Gasteiger partial charge is 0.494 e. The van der Waals surface area contributed by atoms with Gasteiger partial charge >= 0.3 is 0 Å². The Hall–Kier alpha value is -4.62. The van der Waals surface area contributed by atoms with Gasteiger partial charge < -0.3 is 49.7 Å². The first-order valence-corrected chi connectivity index (χ1v) is 16.6. The van der Waals surface area contributed by atoms with E-state index >= 15 is 0 Å². The minimum Gasteiger partial charge on any atom is -0.494 e. The van der Waals surface area contributed by atoms with Crippen molar-refractivity contribution >= 4 is 57.4 Å². The number of thiocarbonyl (C=S) groups is 2. The van der Waals surface area contributed by atoms with Crippen molar-refractivity contribution < 1.29 is 28.4 Å². The first-order valence-electron chi connectivity index (χ1n) is 15.7. The zero-order chi connectivity index (χ0) is 33.8. The lowest BCUT2D eigenvalue weighted by molar-refractivity contribution is 0.0275. The number of anilines is 4. The predicted molar refractivity (Wildman–Crippen MR) is 200 cm³/mol. The summed E-state index contributed by atoms with van der Waals surface area (Å²) < 4.78 is 34.2. The van der Waals surface area contributed by atoms with Gasteiger partial charge in [0.05, 0.1) is 51.0 Å². The van der Waals surface area contributed by atoms with Crippen LogP contribution in [0, 0.1) is 0 Å². The standard InChI is InChI=1S/C36H42N4O6S2/c1-3-43-29-17-13-27(14-18-29)37-35(47)39-31-9-5-7-11-33(31)45-25-23-41-21-22-42-24-26-46-34-12-8-6-10-32(34)40-36(48)38-28-15-19-30(20-16-28)44-4-2/h5-20H,3-4,21-26H2,1-2H3,(H2,37,39,47)(H2,38,40,48). The summed E-state index contributed by atoms with van der Waals surface area (Å²) in [5.41, 5.74) is 3.22. The SMILES string of the molecule is CCOc1ccc(NC(=S)Nc2ccccc2OCCOCCOCCOc2ccccc2NC(=S)Nc2ccc(OCC)cc2)cc1. The highest BCUT2D eigenvalue weighted by Crippen LogP contribution is 2.25. The van der Waals surface area contributed by atoms with E-state index in [9.17, 15) is 0 Å². The van der Waals surface area contributed by atoms with Crippen LogP contribution in [0.15, 0.2) is 97.1 Å². The molecule has 0 radical (unpaired) electrons. The molecule has 0 aliphatic heterocycles. The summed E-state index contributed by atoms with van der Waals surface area (Å²) in [6.45, 7) is 7.58. The van der Waals surface area contributed by atoms with E-state index in [0.29, 0.717) is 74.6 Å². The van der Waals surface area contributed by atoms with Gasteiger partial charge in [-0.05, 0) is 111 Å². The fraction of sp³-hybridized carbons (Fsp3) is 0.278. The lowest BCUT2D eigenvalue weighted by atomic mass is 10.3. The third-order valence-corrected chi connectivity index (χ3v) is 6.87. The molecule has 4 aromatic carbocycles. The van der Waals surface area contributed by atoms with Gasteiger partial charge in [0.25, 0.3) is 0 Å². The number of ether oxygens (including phenoxy) is 6. The van der Waals surface area contributed by atoms with Crippen LogP contribution in [-0.4, -0.2) is 63.1 Å². The average molecular weight is 691 g/mol. The zero-order valence-corrected chi connectivity index (χ0v) is 28.8. The smallest absolute Gasteiger partial charge is 0.175 e. The molecule has 10 nitrogen and oxygen atoms in total. The summed E-state index contributed by atoms with van der Waals surface area (Å²) >= 11 is 11.0. The molecule has 0 fully saturated rings. The number of para-hydroxylation sites is 4. The highest BCUT2D eigenvalue weighted by Gasteiger charge is 2.08. The molecule has 0 heterocycles. The van der Waals surface area contributed by atoms with Crippen LogP contribution >= 0.6 is 24.4 Å². The molecule has 0 aliphatic rings. The Morgan fingerprint density at radius 1 is 0.458 bits per heavy atom. The maximum atomic E-state index is 5.93. The van der Waals surface area contributed by atoms with Crippen LogP contribution in [0.1, 0.15) is 13.8 Å². The molecule has 0 aromatic heterocycles. The van der Waals surface area contributed by atoms with E-state index in [1.807, 2.05) is 111 Å². The molecule has 12 heteroatoms. The maximum absolute atomic E-state index is 5.93. The van der Waals surface area contributed by atoms with E-state index in [0.717, 1.165) is 34.2 Å². The molecule has 0 saturated heterocycles. The predicted octanol–water partition coefficient (Wildman–Crippen LogP) is 7.59. The minimum absolute atomic E-state index is 0.375. The quantitative estimate of drug-likeness (QED) is 0.0576. The molecule has 0 aliphatic carbocycles. The topological polar surface area (TPSA) is 104 Å². The second kappa shape index (κ2) is 20.6. The van der Waals surface area contributed by atoms with E-state index in [1.165, 1.54) is 0 Å². The fourth-order valence-electron chi connectivity index (χ4n) is 4.31. The van der Waals surface area contributed by atoms with Crippen LogP contribution in [0.3, 0.4) is 0 Å². The van der Waals surface area contributed by atoms with Crippen molar-refractivity contribution in [1.29, 1.82) is 0 Å². The second-order valence-corrected chi connectivity index (χ2v) is 10.8. The lowest BCUT2D eigenvalue weighted by Gasteiger charge is -2.15. The summed E-state index contributed by atoms with van der Waals surface area (Å²) in [5, 5.41) is 13.6. The minimum atomic E-state index is 0.375. The molecule has 4 N–H and O–H groups in total. The van der Waals surface area contributed by atoms with Gasteiger partial charge in [-0.15, -0.1) is 0 Å². The Morgan fingerprint density at radius 3 is 1.23 bits per heavy atom. The maximum Gasteiger partial charge on any atom is 0.175 e. The van der Waals surface area contributed by atoms with Crippen molar-refractivity contribution in [3.63, 3.8) is 0 Å². The number of hydrogen-bond donors (Lipinski definition) is 4. The Balaban J connectivity index is 1.07. The molecule has 0 saturated carbocycles. The van der Waals surface area contributed by atoms with Crippen LogP contribution in [0.4, 0.5) is 22.7 Å². The van der Waals surface area contributed by atoms with E-state index in [-0.39, 0.29) is 0 Å². The van der Waals surface area contributed by atoms with Crippen molar-refractivity contribution in [2.75, 3.05) is 74.1 Å². The number of benzene rings is 4. The molecule has 0 bridgehead atoms. The third-order valence-electron chi connectivity index (χ3n) is 6.46. The average Bonchev–Trinajstić information content (AvgIpc) is 3.09. The number of hydrogen-bond acceptors (Lipinski definition) is 8. The lowest BCUT2D eigenvalue weighted by Crippen LogP contribution is -2.20. The second-order valence-electron chi connectivity index (χ2n) is 9.99. The third kappa shape index (κ3) is 12.9. The molecule has 254 valence electrons. The van der Waals surface area contributed by atoms with Gasteiger partial charge in [-0.25, -0.2) is 0 Å². The van der Waals surface area contributed by atoms with Crippen molar-refractivity contribution in [2.24, 2.45) is 0 Å². The molecule has 0 atom stereocenters. The Labute approximate surface area is 293 Å². The van der Waals surface area contributed by atoms with Gasteiger partial charge in [-0.2, -0.15) is 0 Å². The van der Waals surface area contributed by atoms with Crippen molar-refractivity contribution in [3.05, 3.63) is 97.1 Å². The monoisotopic (exact) mass is 690 g/mol. The highest BCUT2D eigenvalue weighted by molar-refractivity contribution is 7.81. The first-order chi connectivity index (χ1) is 23.5. The summed E-state index contributed by atoms with van der Waals surface area (Å²) in [6, 6.07) is 30.4. The van der Waals surface area contributed by atoms with Crippen LogP contribution in [0.5, 0.6) is 23.0 Å². The molecule has 48 heavy (non-hydrogen) atoms. The highest BCUT2D eigenvalue weighted by atomic mass is 32.1. The van der Waals surface area contributed by atoms with Crippen molar-refractivity contribution in [1.82, 2.24) is 0 Å². The molecule has 4 rings (SSSR count). The summed E-state index contributed by atoms with van der Waals surface area (Å²) in [4.78, 5) is 0. The first kappa shape index (κ1) is 36.2. The fourth-order valence-corrected chi connectivity index (χ4v) is 4.76. The Bertz CT molecular complexity index is 1440. The van der Waals surface area contributed by atoms with Crippen molar-refractivity contribution in [2.45, 2.75) is 13.8 Å². The molecule has 0 unspecified atom stereocenters. The molecule has 4 aromatic rings.